The third kappa shape index (κ3) is 6.36. The summed E-state index contributed by atoms with van der Waals surface area (Å²) < 4.78 is 11.3. The fourth-order valence-corrected chi connectivity index (χ4v) is 3.10. The molecule has 0 fully saturated rings. The smallest absolute Gasteiger partial charge is 0.262 e. The number of para-hydroxylation sites is 1. The molecule has 2 N–H and O–H groups in total. The van der Waals surface area contributed by atoms with E-state index in [9.17, 15) is 4.79 Å². The number of carbonyl (C=O) groups is 1. The van der Waals surface area contributed by atoms with Crippen molar-refractivity contribution in [2.24, 2.45) is 0 Å². The summed E-state index contributed by atoms with van der Waals surface area (Å²) in [6.45, 7) is 3.38. The van der Waals surface area contributed by atoms with Crippen molar-refractivity contribution in [1.82, 2.24) is 5.32 Å². The monoisotopic (exact) mass is 404 g/mol. The van der Waals surface area contributed by atoms with Gasteiger partial charge in [0, 0.05) is 17.8 Å². The molecule has 0 aliphatic carbocycles. The van der Waals surface area contributed by atoms with E-state index >= 15 is 0 Å². The van der Waals surface area contributed by atoms with Crippen LogP contribution in [0.15, 0.2) is 72.8 Å². The Hall–Kier alpha value is -3.31. The Morgan fingerprint density at radius 1 is 0.933 bits per heavy atom. The molecular weight excluding hydrogens is 376 g/mol. The van der Waals surface area contributed by atoms with Gasteiger partial charge in [0.05, 0.1) is 7.11 Å². The normalized spacial score (nSPS) is 10.5. The maximum absolute atomic E-state index is 12.3. The first kappa shape index (κ1) is 21.4. The van der Waals surface area contributed by atoms with Crippen molar-refractivity contribution in [3.63, 3.8) is 0 Å². The molecule has 3 aromatic carbocycles. The number of carbonyl (C=O) groups excluding carboxylic acids is 1. The number of hydrogen-bond donors (Lipinski definition) is 2. The van der Waals surface area contributed by atoms with Gasteiger partial charge in [0.15, 0.2) is 18.1 Å². The van der Waals surface area contributed by atoms with Crippen LogP contribution in [0.5, 0.6) is 11.5 Å². The van der Waals surface area contributed by atoms with Crippen LogP contribution < -0.4 is 20.1 Å². The second-order valence-corrected chi connectivity index (χ2v) is 7.06. The molecule has 0 aliphatic rings. The van der Waals surface area contributed by atoms with Crippen LogP contribution >= 0.6 is 0 Å². The Labute approximate surface area is 178 Å². The molecular formula is C25H28N2O3. The number of anilines is 1. The molecule has 0 heterocycles. The van der Waals surface area contributed by atoms with Gasteiger partial charge < -0.3 is 20.1 Å². The zero-order valence-corrected chi connectivity index (χ0v) is 17.5. The highest BCUT2D eigenvalue weighted by Gasteiger charge is 2.13. The summed E-state index contributed by atoms with van der Waals surface area (Å²) in [6, 6.07) is 23.7. The first-order valence-corrected chi connectivity index (χ1v) is 10.1. The van der Waals surface area contributed by atoms with Crippen molar-refractivity contribution in [1.29, 1.82) is 0 Å². The number of amides is 1. The summed E-state index contributed by atoms with van der Waals surface area (Å²) in [7, 11) is 1.60. The van der Waals surface area contributed by atoms with Crippen molar-refractivity contribution >= 4 is 11.6 Å². The predicted octanol–water partition coefficient (Wildman–Crippen LogP) is 4.35. The van der Waals surface area contributed by atoms with E-state index in [-0.39, 0.29) is 12.5 Å². The Morgan fingerprint density at radius 3 is 2.43 bits per heavy atom. The molecule has 3 aromatic rings. The second kappa shape index (κ2) is 11.0. The zero-order chi connectivity index (χ0) is 21.2. The highest BCUT2D eigenvalue weighted by Crippen LogP contribution is 2.31. The van der Waals surface area contributed by atoms with Crippen LogP contribution in [-0.2, 0) is 17.8 Å². The molecule has 5 heteroatoms. The fourth-order valence-electron chi connectivity index (χ4n) is 3.10. The lowest BCUT2D eigenvalue weighted by Gasteiger charge is -2.15. The summed E-state index contributed by atoms with van der Waals surface area (Å²) in [5.41, 5.74) is 4.13. The molecule has 5 nitrogen and oxygen atoms in total. The van der Waals surface area contributed by atoms with Crippen LogP contribution in [0.3, 0.4) is 0 Å². The van der Waals surface area contributed by atoms with Crippen molar-refractivity contribution in [2.75, 3.05) is 25.6 Å². The molecule has 30 heavy (non-hydrogen) atoms. The van der Waals surface area contributed by atoms with E-state index in [0.29, 0.717) is 18.0 Å². The highest BCUT2D eigenvalue weighted by molar-refractivity contribution is 5.91. The van der Waals surface area contributed by atoms with Crippen LogP contribution in [0.2, 0.25) is 0 Å². The number of hydrogen-bond acceptors (Lipinski definition) is 4. The SMILES string of the molecule is COc1cccc(CNCCc2ccccc2)c1OCC(=O)Nc1ccc(C)cc1. The molecule has 0 saturated heterocycles. The Bertz CT molecular complexity index is 940. The van der Waals surface area contributed by atoms with E-state index in [1.165, 1.54) is 5.56 Å². The minimum Gasteiger partial charge on any atom is -0.493 e. The summed E-state index contributed by atoms with van der Waals surface area (Å²) in [6.07, 6.45) is 0.944. The van der Waals surface area contributed by atoms with Crippen LogP contribution in [0.1, 0.15) is 16.7 Å². The second-order valence-electron chi connectivity index (χ2n) is 7.06. The highest BCUT2D eigenvalue weighted by atomic mass is 16.5. The zero-order valence-electron chi connectivity index (χ0n) is 17.5. The Kier molecular flexibility index (Phi) is 7.86. The van der Waals surface area contributed by atoms with Crippen molar-refractivity contribution < 1.29 is 14.3 Å². The number of rotatable bonds is 10. The van der Waals surface area contributed by atoms with Gasteiger partial charge >= 0.3 is 0 Å². The molecule has 0 atom stereocenters. The van der Waals surface area contributed by atoms with E-state index in [2.05, 4.69) is 22.8 Å². The van der Waals surface area contributed by atoms with Crippen LogP contribution in [0, 0.1) is 6.92 Å². The lowest BCUT2D eigenvalue weighted by atomic mass is 10.1. The first-order chi connectivity index (χ1) is 14.7. The average Bonchev–Trinajstić information content (AvgIpc) is 2.77. The quantitative estimate of drug-likeness (QED) is 0.493. The summed E-state index contributed by atoms with van der Waals surface area (Å²) in [4.78, 5) is 12.3. The minimum absolute atomic E-state index is 0.0920. The van der Waals surface area contributed by atoms with E-state index in [4.69, 9.17) is 9.47 Å². The summed E-state index contributed by atoms with van der Waals surface area (Å²) >= 11 is 0. The molecule has 0 bridgehead atoms. The molecule has 0 radical (unpaired) electrons. The van der Waals surface area contributed by atoms with Crippen molar-refractivity contribution in [3.8, 4) is 11.5 Å². The van der Waals surface area contributed by atoms with Crippen molar-refractivity contribution in [3.05, 3.63) is 89.5 Å². The van der Waals surface area contributed by atoms with Gasteiger partial charge in [-0.05, 0) is 43.7 Å². The fraction of sp³-hybridized carbons (Fsp3) is 0.240. The molecule has 0 spiro atoms. The van der Waals surface area contributed by atoms with Crippen LogP contribution in [0.25, 0.3) is 0 Å². The topological polar surface area (TPSA) is 59.6 Å². The van der Waals surface area contributed by atoms with Crippen LogP contribution in [0.4, 0.5) is 5.69 Å². The van der Waals surface area contributed by atoms with Gasteiger partial charge in [-0.2, -0.15) is 0 Å². The molecule has 156 valence electrons. The molecule has 0 saturated carbocycles. The lowest BCUT2D eigenvalue weighted by Crippen LogP contribution is -2.22. The standard InChI is InChI=1S/C25H28N2O3/c1-19-11-13-22(14-12-19)27-24(28)18-30-25-21(9-6-10-23(25)29-2)17-26-16-15-20-7-4-3-5-8-20/h3-14,26H,15-18H2,1-2H3,(H,27,28). The minimum atomic E-state index is -0.215. The maximum atomic E-state index is 12.3. The lowest BCUT2D eigenvalue weighted by molar-refractivity contribution is -0.118. The number of aryl methyl sites for hydroxylation is 1. The maximum Gasteiger partial charge on any atom is 0.262 e. The van der Waals surface area contributed by atoms with Gasteiger partial charge in [-0.3, -0.25) is 4.79 Å². The van der Waals surface area contributed by atoms with E-state index in [1.54, 1.807) is 7.11 Å². The van der Waals surface area contributed by atoms with Gasteiger partial charge in [-0.15, -0.1) is 0 Å². The predicted molar refractivity (Wildman–Crippen MR) is 120 cm³/mol. The van der Waals surface area contributed by atoms with Gasteiger partial charge in [-0.1, -0.05) is 60.2 Å². The number of methoxy groups -OCH3 is 1. The number of nitrogens with one attached hydrogen (secondary N) is 2. The Balaban J connectivity index is 1.56. The van der Waals surface area contributed by atoms with Crippen LogP contribution in [-0.4, -0.2) is 26.2 Å². The van der Waals surface area contributed by atoms with Gasteiger partial charge in [0.25, 0.3) is 5.91 Å². The average molecular weight is 405 g/mol. The van der Waals surface area contributed by atoms with E-state index in [0.717, 1.165) is 29.8 Å². The van der Waals surface area contributed by atoms with Crippen molar-refractivity contribution in [2.45, 2.75) is 19.9 Å². The third-order valence-corrected chi connectivity index (χ3v) is 4.71. The summed E-state index contributed by atoms with van der Waals surface area (Å²) in [5.74, 6) is 0.986. The van der Waals surface area contributed by atoms with Gasteiger partial charge in [0.2, 0.25) is 0 Å². The molecule has 0 aliphatic heterocycles. The molecule has 3 rings (SSSR count). The van der Waals surface area contributed by atoms with Gasteiger partial charge in [-0.25, -0.2) is 0 Å². The first-order valence-electron chi connectivity index (χ1n) is 10.1. The van der Waals surface area contributed by atoms with E-state index in [1.807, 2.05) is 67.6 Å². The summed E-state index contributed by atoms with van der Waals surface area (Å²) in [5, 5.41) is 6.28. The van der Waals surface area contributed by atoms with E-state index < -0.39 is 0 Å². The number of benzene rings is 3. The van der Waals surface area contributed by atoms with Gasteiger partial charge in [0.1, 0.15) is 0 Å². The molecule has 0 unspecified atom stereocenters. The largest absolute Gasteiger partial charge is 0.493 e. The third-order valence-electron chi connectivity index (χ3n) is 4.71. The Morgan fingerprint density at radius 2 is 1.70 bits per heavy atom. The molecule has 1 amide bonds. The molecule has 0 aromatic heterocycles. The number of ether oxygens (including phenoxy) is 2.